The van der Waals surface area contributed by atoms with Gasteiger partial charge in [0.15, 0.2) is 0 Å². The third kappa shape index (κ3) is 7.43. The summed E-state index contributed by atoms with van der Waals surface area (Å²) >= 11 is 3.74. The number of fused-ring (bicyclic) bond motifs is 2. The molecule has 0 aliphatic rings. The minimum atomic E-state index is -1.65. The van der Waals surface area contributed by atoms with Crippen LogP contribution in [0.2, 0.25) is 36.3 Å². The summed E-state index contributed by atoms with van der Waals surface area (Å²) in [5, 5.41) is 2.54. The number of hydrogen-bond donors (Lipinski definition) is 0. The van der Waals surface area contributed by atoms with Crippen LogP contribution in [0.5, 0.6) is 0 Å². The lowest BCUT2D eigenvalue weighted by Crippen LogP contribution is -2.29. The average Bonchev–Trinajstić information content (AvgIpc) is 3.74. The monoisotopic (exact) mass is 670 g/mol. The molecule has 2 aromatic heterocycles. The standard InChI is InChI=1S/C42H46S2Si2/c1-7-45(8-2,9-3)29-27-37-39-31-35(25-23-33-19-15-13-16-20-33)44-42(39)38(28-30-46(10-4,11-5)12-6)40-32-36(43-41(37)40)26-24-34-21-17-14-18-22-34/h13-26,31-32H,7-12H2,1-6H3/b25-23+,26-24+. The smallest absolute Gasteiger partial charge is 0.134 e. The van der Waals surface area contributed by atoms with Gasteiger partial charge in [-0.2, -0.15) is 0 Å². The Balaban J connectivity index is 1.80. The molecular formula is C42H46S2Si2. The van der Waals surface area contributed by atoms with Crippen LogP contribution in [0.25, 0.3) is 44.5 Å². The van der Waals surface area contributed by atoms with Crippen LogP contribution < -0.4 is 0 Å². The van der Waals surface area contributed by atoms with Crippen molar-refractivity contribution in [2.45, 2.75) is 77.8 Å². The van der Waals surface area contributed by atoms with Crippen molar-refractivity contribution in [1.29, 1.82) is 0 Å². The van der Waals surface area contributed by atoms with E-state index in [0.717, 1.165) is 0 Å². The third-order valence-corrected chi connectivity index (χ3v) is 21.6. The Kier molecular flexibility index (Phi) is 11.4. The SMILES string of the molecule is CC[Si](C#Cc1c2cc(/C=C/c3ccccc3)sc2c(C#C[Si](CC)(CC)CC)c2cc(/C=C/c3ccccc3)sc12)(CC)CC. The van der Waals surface area contributed by atoms with Crippen LogP contribution in [0.1, 0.15) is 73.6 Å². The molecule has 0 spiro atoms. The van der Waals surface area contributed by atoms with Gasteiger partial charge in [-0.05, 0) is 71.7 Å². The number of rotatable bonds is 10. The summed E-state index contributed by atoms with van der Waals surface area (Å²) in [7, 11) is -3.30. The van der Waals surface area contributed by atoms with Crippen LogP contribution in [0, 0.1) is 22.9 Å². The summed E-state index contributed by atoms with van der Waals surface area (Å²) in [5.41, 5.74) is 12.7. The van der Waals surface area contributed by atoms with E-state index in [-0.39, 0.29) is 0 Å². The molecule has 46 heavy (non-hydrogen) atoms. The molecule has 0 saturated heterocycles. The topological polar surface area (TPSA) is 0 Å². The van der Waals surface area contributed by atoms with Crippen molar-refractivity contribution in [3.05, 3.63) is 105 Å². The van der Waals surface area contributed by atoms with Gasteiger partial charge in [0.25, 0.3) is 0 Å². The summed E-state index contributed by atoms with van der Waals surface area (Å²) < 4.78 is 2.58. The highest BCUT2D eigenvalue weighted by atomic mass is 32.1. The summed E-state index contributed by atoms with van der Waals surface area (Å²) in [4.78, 5) is 2.50. The second kappa shape index (κ2) is 15.5. The largest absolute Gasteiger partial charge is 0.138 e. The first-order valence-corrected chi connectivity index (χ1v) is 23.9. The van der Waals surface area contributed by atoms with E-state index in [0.29, 0.717) is 0 Å². The van der Waals surface area contributed by atoms with Crippen molar-refractivity contribution < 1.29 is 0 Å². The molecule has 0 nitrogen and oxygen atoms in total. The van der Waals surface area contributed by atoms with Gasteiger partial charge < -0.3 is 0 Å². The zero-order valence-corrected chi connectivity index (χ0v) is 31.9. The van der Waals surface area contributed by atoms with Gasteiger partial charge in [-0.15, -0.1) is 33.8 Å². The Bertz CT molecular complexity index is 1750. The molecule has 0 unspecified atom stereocenters. The van der Waals surface area contributed by atoms with E-state index in [1.54, 1.807) is 0 Å². The Hall–Kier alpha value is -3.39. The summed E-state index contributed by atoms with van der Waals surface area (Å²) in [6.45, 7) is 14.1. The molecular weight excluding hydrogens is 625 g/mol. The van der Waals surface area contributed by atoms with E-state index in [9.17, 15) is 0 Å². The lowest BCUT2D eigenvalue weighted by Gasteiger charge is -2.20. The lowest BCUT2D eigenvalue weighted by atomic mass is 10.0. The Morgan fingerprint density at radius 2 is 0.848 bits per heavy atom. The molecule has 5 aromatic rings. The Morgan fingerprint density at radius 1 is 0.500 bits per heavy atom. The highest BCUT2D eigenvalue weighted by Crippen LogP contribution is 2.42. The second-order valence-corrected chi connectivity index (χ2v) is 24.2. The van der Waals surface area contributed by atoms with Crippen LogP contribution in [0.15, 0.2) is 72.8 Å². The van der Waals surface area contributed by atoms with Gasteiger partial charge in [-0.25, -0.2) is 0 Å². The molecule has 0 aliphatic carbocycles. The van der Waals surface area contributed by atoms with Crippen molar-refractivity contribution in [3.63, 3.8) is 0 Å². The maximum Gasteiger partial charge on any atom is 0.138 e. The molecule has 0 aliphatic heterocycles. The maximum absolute atomic E-state index is 3.96. The van der Waals surface area contributed by atoms with Crippen molar-refractivity contribution in [2.24, 2.45) is 0 Å². The number of benzene rings is 3. The first kappa shape index (κ1) is 34.0. The van der Waals surface area contributed by atoms with E-state index >= 15 is 0 Å². The predicted octanol–water partition coefficient (Wildman–Crippen LogP) is 13.3. The van der Waals surface area contributed by atoms with Gasteiger partial charge in [0.05, 0.1) is 20.5 Å². The van der Waals surface area contributed by atoms with Gasteiger partial charge >= 0.3 is 0 Å². The van der Waals surface area contributed by atoms with Crippen LogP contribution in [0.3, 0.4) is 0 Å². The first-order chi connectivity index (χ1) is 22.4. The zero-order chi connectivity index (χ0) is 32.6. The van der Waals surface area contributed by atoms with Gasteiger partial charge in [-0.1, -0.05) is 126 Å². The zero-order valence-electron chi connectivity index (χ0n) is 28.3. The van der Waals surface area contributed by atoms with Crippen molar-refractivity contribution in [2.75, 3.05) is 0 Å². The molecule has 5 rings (SSSR count). The molecule has 0 saturated carbocycles. The molecule has 0 bridgehead atoms. The highest BCUT2D eigenvalue weighted by molar-refractivity contribution is 7.22. The predicted molar refractivity (Wildman–Crippen MR) is 216 cm³/mol. The number of hydrogen-bond acceptors (Lipinski definition) is 2. The summed E-state index contributed by atoms with van der Waals surface area (Å²) in [6, 6.07) is 33.1. The molecule has 3 aromatic carbocycles. The van der Waals surface area contributed by atoms with Crippen LogP contribution in [0.4, 0.5) is 0 Å². The average molecular weight is 671 g/mol. The fourth-order valence-corrected chi connectivity index (χ4v) is 13.1. The van der Waals surface area contributed by atoms with E-state index in [4.69, 9.17) is 0 Å². The van der Waals surface area contributed by atoms with Crippen molar-refractivity contribution in [3.8, 4) is 22.9 Å². The van der Waals surface area contributed by atoms with E-state index in [1.165, 1.54) is 88.4 Å². The minimum absolute atomic E-state index is 1.20. The van der Waals surface area contributed by atoms with Gasteiger partial charge in [0.2, 0.25) is 0 Å². The van der Waals surface area contributed by atoms with Gasteiger partial charge in [-0.3, -0.25) is 0 Å². The third-order valence-electron chi connectivity index (χ3n) is 9.94. The molecule has 234 valence electrons. The molecule has 0 amide bonds. The van der Waals surface area contributed by atoms with Gasteiger partial charge in [0.1, 0.15) is 16.1 Å². The first-order valence-electron chi connectivity index (χ1n) is 17.0. The van der Waals surface area contributed by atoms with E-state index in [2.05, 4.69) is 162 Å². The van der Waals surface area contributed by atoms with Crippen LogP contribution in [-0.2, 0) is 0 Å². The summed E-state index contributed by atoms with van der Waals surface area (Å²) in [6.07, 6.45) is 8.98. The minimum Gasteiger partial charge on any atom is -0.134 e. The molecule has 2 heterocycles. The Labute approximate surface area is 287 Å². The fraction of sp³-hybridized carbons (Fsp3) is 0.286. The van der Waals surface area contributed by atoms with E-state index < -0.39 is 16.1 Å². The quantitative estimate of drug-likeness (QED) is 0.102. The molecule has 0 N–H and O–H groups in total. The summed E-state index contributed by atoms with van der Waals surface area (Å²) in [5.74, 6) is 7.75. The van der Waals surface area contributed by atoms with Crippen LogP contribution >= 0.6 is 22.7 Å². The molecule has 0 radical (unpaired) electrons. The van der Waals surface area contributed by atoms with Crippen molar-refractivity contribution >= 4 is 83.3 Å². The maximum atomic E-state index is 3.96. The normalized spacial score (nSPS) is 12.1. The Morgan fingerprint density at radius 3 is 1.17 bits per heavy atom. The fourth-order valence-electron chi connectivity index (χ4n) is 6.13. The van der Waals surface area contributed by atoms with E-state index in [1.807, 2.05) is 22.7 Å². The van der Waals surface area contributed by atoms with Crippen LogP contribution in [-0.4, -0.2) is 16.1 Å². The number of thiophene rings is 2. The van der Waals surface area contributed by atoms with Crippen molar-refractivity contribution in [1.82, 2.24) is 0 Å². The highest BCUT2D eigenvalue weighted by Gasteiger charge is 2.26. The van der Waals surface area contributed by atoms with Gasteiger partial charge in [0, 0.05) is 20.5 Å². The lowest BCUT2D eigenvalue weighted by molar-refractivity contribution is 1.20. The molecule has 0 fully saturated rings. The second-order valence-electron chi connectivity index (χ2n) is 12.2. The molecule has 4 heteroatoms. The molecule has 0 atom stereocenters.